The zero-order valence-corrected chi connectivity index (χ0v) is 10.7. The Kier molecular flexibility index (Phi) is 4.89. The average Bonchev–Trinajstić information content (AvgIpc) is 2.26. The molecule has 1 rings (SSSR count). The number of esters is 1. The third-order valence-electron chi connectivity index (χ3n) is 2.12. The van der Waals surface area contributed by atoms with Crippen molar-refractivity contribution in [1.82, 2.24) is 5.32 Å². The van der Waals surface area contributed by atoms with Crippen LogP contribution in [0.3, 0.4) is 0 Å². The molecule has 0 bridgehead atoms. The van der Waals surface area contributed by atoms with E-state index in [9.17, 15) is 9.18 Å². The standard InChI is InChI=1S/C11H13BrFNO2/c1-3-14-10(11(15)16-2)8-5-4-7(13)6-9(8)12/h4-6,10,14H,3H2,1-2H3. The Hall–Kier alpha value is -0.940. The number of hydrogen-bond acceptors (Lipinski definition) is 3. The van der Waals surface area contributed by atoms with Crippen LogP contribution < -0.4 is 5.32 Å². The monoisotopic (exact) mass is 289 g/mol. The molecule has 0 fully saturated rings. The zero-order chi connectivity index (χ0) is 12.1. The lowest BCUT2D eigenvalue weighted by Gasteiger charge is -2.17. The Balaban J connectivity index is 3.05. The van der Waals surface area contributed by atoms with Crippen LogP contribution in [0.25, 0.3) is 0 Å². The van der Waals surface area contributed by atoms with Crippen LogP contribution in [-0.2, 0) is 9.53 Å². The first kappa shape index (κ1) is 13.1. The molecule has 1 aromatic carbocycles. The molecule has 16 heavy (non-hydrogen) atoms. The topological polar surface area (TPSA) is 38.3 Å². The minimum atomic E-state index is -0.579. The van der Waals surface area contributed by atoms with Crippen LogP contribution in [0.5, 0.6) is 0 Å². The number of ether oxygens (including phenoxy) is 1. The quantitative estimate of drug-likeness (QED) is 0.865. The van der Waals surface area contributed by atoms with E-state index in [-0.39, 0.29) is 5.82 Å². The number of rotatable bonds is 4. The summed E-state index contributed by atoms with van der Waals surface area (Å²) in [4.78, 5) is 11.5. The first-order chi connectivity index (χ1) is 7.60. The van der Waals surface area contributed by atoms with E-state index in [4.69, 9.17) is 0 Å². The fourth-order valence-corrected chi connectivity index (χ4v) is 1.96. The van der Waals surface area contributed by atoms with Gasteiger partial charge in [-0.25, -0.2) is 9.18 Å². The van der Waals surface area contributed by atoms with Crippen molar-refractivity contribution in [3.63, 3.8) is 0 Å². The summed E-state index contributed by atoms with van der Waals surface area (Å²) in [5.41, 5.74) is 0.662. The Morgan fingerprint density at radius 2 is 2.31 bits per heavy atom. The highest BCUT2D eigenvalue weighted by atomic mass is 79.9. The first-order valence-electron chi connectivity index (χ1n) is 4.86. The van der Waals surface area contributed by atoms with Crippen LogP contribution in [0.15, 0.2) is 22.7 Å². The van der Waals surface area contributed by atoms with Gasteiger partial charge in [-0.2, -0.15) is 0 Å². The van der Waals surface area contributed by atoms with E-state index < -0.39 is 12.0 Å². The SMILES string of the molecule is CCNC(C(=O)OC)c1ccc(F)cc1Br. The number of hydrogen-bond donors (Lipinski definition) is 1. The highest BCUT2D eigenvalue weighted by Crippen LogP contribution is 2.25. The molecule has 0 spiro atoms. The number of halogens is 2. The predicted octanol–water partition coefficient (Wildman–Crippen LogP) is 2.41. The van der Waals surface area contributed by atoms with Gasteiger partial charge < -0.3 is 10.1 Å². The van der Waals surface area contributed by atoms with Crippen molar-refractivity contribution >= 4 is 21.9 Å². The Morgan fingerprint density at radius 1 is 1.62 bits per heavy atom. The van der Waals surface area contributed by atoms with Crippen LogP contribution in [-0.4, -0.2) is 19.6 Å². The molecule has 0 aliphatic rings. The van der Waals surface area contributed by atoms with Gasteiger partial charge in [0.25, 0.3) is 0 Å². The van der Waals surface area contributed by atoms with E-state index in [2.05, 4.69) is 26.0 Å². The number of benzene rings is 1. The number of carbonyl (C=O) groups excluding carboxylic acids is 1. The predicted molar refractivity (Wildman–Crippen MR) is 62.5 cm³/mol. The molecule has 0 saturated heterocycles. The maximum absolute atomic E-state index is 12.9. The molecule has 0 aliphatic heterocycles. The van der Waals surface area contributed by atoms with Crippen LogP contribution in [0.4, 0.5) is 4.39 Å². The third-order valence-corrected chi connectivity index (χ3v) is 2.81. The fraction of sp³-hybridized carbons (Fsp3) is 0.364. The second kappa shape index (κ2) is 5.96. The molecule has 0 aliphatic carbocycles. The molecule has 1 unspecified atom stereocenters. The summed E-state index contributed by atoms with van der Waals surface area (Å²) in [6, 6.07) is 3.62. The Labute approximate surface area is 102 Å². The number of nitrogens with one attached hydrogen (secondary N) is 1. The van der Waals surface area contributed by atoms with Crippen molar-refractivity contribution in [2.75, 3.05) is 13.7 Å². The van der Waals surface area contributed by atoms with Crippen LogP contribution >= 0.6 is 15.9 Å². The summed E-state index contributed by atoms with van der Waals surface area (Å²) < 4.78 is 18.1. The van der Waals surface area contributed by atoms with E-state index in [0.29, 0.717) is 16.6 Å². The van der Waals surface area contributed by atoms with Gasteiger partial charge in [-0.3, -0.25) is 0 Å². The summed E-state index contributed by atoms with van der Waals surface area (Å²) in [6.45, 7) is 2.50. The molecule has 88 valence electrons. The van der Waals surface area contributed by atoms with Gasteiger partial charge in [0, 0.05) is 4.47 Å². The first-order valence-corrected chi connectivity index (χ1v) is 5.65. The fourth-order valence-electron chi connectivity index (χ4n) is 1.38. The van der Waals surface area contributed by atoms with Gasteiger partial charge in [-0.05, 0) is 24.2 Å². The van der Waals surface area contributed by atoms with E-state index in [1.54, 1.807) is 6.07 Å². The van der Waals surface area contributed by atoms with Gasteiger partial charge in [0.2, 0.25) is 0 Å². The molecule has 1 atom stereocenters. The maximum Gasteiger partial charge on any atom is 0.327 e. The van der Waals surface area contributed by atoms with Gasteiger partial charge in [0.05, 0.1) is 7.11 Å². The van der Waals surface area contributed by atoms with E-state index in [1.165, 1.54) is 19.2 Å². The molecule has 1 N–H and O–H groups in total. The number of methoxy groups -OCH3 is 1. The van der Waals surface area contributed by atoms with Gasteiger partial charge in [-0.1, -0.05) is 28.9 Å². The summed E-state index contributed by atoms with van der Waals surface area (Å²) in [5.74, 6) is -0.745. The van der Waals surface area contributed by atoms with Crippen molar-refractivity contribution < 1.29 is 13.9 Å². The van der Waals surface area contributed by atoms with Gasteiger partial charge in [-0.15, -0.1) is 0 Å². The lowest BCUT2D eigenvalue weighted by molar-refractivity contribution is -0.143. The highest BCUT2D eigenvalue weighted by Gasteiger charge is 2.22. The van der Waals surface area contributed by atoms with E-state index in [0.717, 1.165) is 0 Å². The van der Waals surface area contributed by atoms with Crippen molar-refractivity contribution in [3.8, 4) is 0 Å². The van der Waals surface area contributed by atoms with Crippen molar-refractivity contribution in [3.05, 3.63) is 34.1 Å². The minimum Gasteiger partial charge on any atom is -0.468 e. The minimum absolute atomic E-state index is 0.351. The molecule has 1 aromatic rings. The zero-order valence-electron chi connectivity index (χ0n) is 9.09. The molecule has 0 heterocycles. The Bertz CT molecular complexity index is 384. The smallest absolute Gasteiger partial charge is 0.327 e. The second-order valence-corrected chi connectivity index (χ2v) is 4.03. The van der Waals surface area contributed by atoms with Gasteiger partial charge in [0.1, 0.15) is 11.9 Å². The molecule has 0 radical (unpaired) electrons. The van der Waals surface area contributed by atoms with Crippen LogP contribution in [0.2, 0.25) is 0 Å². The van der Waals surface area contributed by atoms with Crippen LogP contribution in [0, 0.1) is 5.82 Å². The summed E-state index contributed by atoms with van der Waals surface area (Å²) >= 11 is 3.23. The summed E-state index contributed by atoms with van der Waals surface area (Å²) in [5, 5.41) is 2.98. The number of likely N-dealkylation sites (N-methyl/N-ethyl adjacent to an activating group) is 1. The Morgan fingerprint density at radius 3 is 2.81 bits per heavy atom. The van der Waals surface area contributed by atoms with Crippen molar-refractivity contribution in [1.29, 1.82) is 0 Å². The highest BCUT2D eigenvalue weighted by molar-refractivity contribution is 9.10. The normalized spacial score (nSPS) is 12.2. The summed E-state index contributed by atoms with van der Waals surface area (Å²) in [7, 11) is 1.32. The third kappa shape index (κ3) is 3.02. The van der Waals surface area contributed by atoms with E-state index >= 15 is 0 Å². The molecular weight excluding hydrogens is 277 g/mol. The van der Waals surface area contributed by atoms with Gasteiger partial charge >= 0.3 is 5.97 Å². The number of carbonyl (C=O) groups is 1. The molecule has 3 nitrogen and oxygen atoms in total. The molecule has 0 aromatic heterocycles. The molecular formula is C11H13BrFNO2. The van der Waals surface area contributed by atoms with Gasteiger partial charge in [0.15, 0.2) is 0 Å². The molecule has 0 amide bonds. The van der Waals surface area contributed by atoms with Crippen LogP contribution in [0.1, 0.15) is 18.5 Å². The van der Waals surface area contributed by atoms with Crippen molar-refractivity contribution in [2.45, 2.75) is 13.0 Å². The molecule has 0 saturated carbocycles. The maximum atomic E-state index is 12.9. The second-order valence-electron chi connectivity index (χ2n) is 3.18. The molecule has 5 heteroatoms. The van der Waals surface area contributed by atoms with E-state index in [1.807, 2.05) is 6.92 Å². The lowest BCUT2D eigenvalue weighted by atomic mass is 10.1. The largest absolute Gasteiger partial charge is 0.468 e. The van der Waals surface area contributed by atoms with Crippen molar-refractivity contribution in [2.24, 2.45) is 0 Å². The summed E-state index contributed by atoms with van der Waals surface area (Å²) in [6.07, 6.45) is 0. The average molecular weight is 290 g/mol. The lowest BCUT2D eigenvalue weighted by Crippen LogP contribution is -2.29.